The molecular formula is C12H14O5. The highest BCUT2D eigenvalue weighted by Gasteiger charge is 2.18. The highest BCUT2D eigenvalue weighted by Crippen LogP contribution is 2.40. The van der Waals surface area contributed by atoms with Crippen LogP contribution in [-0.2, 0) is 9.59 Å². The van der Waals surface area contributed by atoms with Crippen molar-refractivity contribution in [3.8, 4) is 17.2 Å². The van der Waals surface area contributed by atoms with Crippen molar-refractivity contribution in [2.75, 3.05) is 7.11 Å². The normalized spacial score (nSPS) is 9.65. The fourth-order valence-corrected chi connectivity index (χ4v) is 1.31. The van der Waals surface area contributed by atoms with Crippen LogP contribution < -0.4 is 14.2 Å². The van der Waals surface area contributed by atoms with Crippen molar-refractivity contribution in [2.24, 2.45) is 0 Å². The molecule has 0 saturated carbocycles. The van der Waals surface area contributed by atoms with E-state index in [1.807, 2.05) is 0 Å². The van der Waals surface area contributed by atoms with Gasteiger partial charge in [-0.2, -0.15) is 0 Å². The zero-order chi connectivity index (χ0) is 13.0. The van der Waals surface area contributed by atoms with Crippen LogP contribution in [0.15, 0.2) is 12.1 Å². The van der Waals surface area contributed by atoms with E-state index >= 15 is 0 Å². The van der Waals surface area contributed by atoms with Gasteiger partial charge < -0.3 is 14.2 Å². The lowest BCUT2D eigenvalue weighted by Crippen LogP contribution is -2.09. The number of benzene rings is 1. The van der Waals surface area contributed by atoms with E-state index in [0.29, 0.717) is 11.3 Å². The van der Waals surface area contributed by atoms with Gasteiger partial charge in [0.1, 0.15) is 0 Å². The van der Waals surface area contributed by atoms with Gasteiger partial charge in [-0.25, -0.2) is 0 Å². The molecule has 0 saturated heterocycles. The second-order valence-corrected chi connectivity index (χ2v) is 3.43. The van der Waals surface area contributed by atoms with Gasteiger partial charge in [0.25, 0.3) is 0 Å². The average molecular weight is 238 g/mol. The maximum atomic E-state index is 11.0. The molecule has 0 aliphatic carbocycles. The molecule has 0 spiro atoms. The van der Waals surface area contributed by atoms with Crippen molar-refractivity contribution in [1.29, 1.82) is 0 Å². The molecule has 0 bridgehead atoms. The van der Waals surface area contributed by atoms with E-state index in [1.165, 1.54) is 21.0 Å². The van der Waals surface area contributed by atoms with Crippen molar-refractivity contribution >= 4 is 11.9 Å². The number of carbonyl (C=O) groups is 2. The van der Waals surface area contributed by atoms with Crippen LogP contribution in [0.4, 0.5) is 0 Å². The van der Waals surface area contributed by atoms with Gasteiger partial charge in [-0.3, -0.25) is 9.59 Å². The fraction of sp³-hybridized carbons (Fsp3) is 0.333. The highest BCUT2D eigenvalue weighted by molar-refractivity contribution is 5.76. The van der Waals surface area contributed by atoms with Crippen LogP contribution in [0.1, 0.15) is 19.4 Å². The molecule has 0 aliphatic rings. The third-order valence-electron chi connectivity index (χ3n) is 1.98. The molecule has 1 aromatic rings. The largest absolute Gasteiger partial charge is 0.493 e. The summed E-state index contributed by atoms with van der Waals surface area (Å²) in [5, 5.41) is 0. The Hall–Kier alpha value is -2.04. The Labute approximate surface area is 99.3 Å². The number of aryl methyl sites for hydroxylation is 1. The number of methoxy groups -OCH3 is 1. The summed E-state index contributed by atoms with van der Waals surface area (Å²) in [5.41, 5.74) is 0.678. The molecule has 0 radical (unpaired) electrons. The molecule has 0 amide bonds. The summed E-state index contributed by atoms with van der Waals surface area (Å²) in [6.07, 6.45) is 0. The number of rotatable bonds is 3. The van der Waals surface area contributed by atoms with Gasteiger partial charge in [0.15, 0.2) is 11.5 Å². The molecule has 0 fully saturated rings. The zero-order valence-electron chi connectivity index (χ0n) is 10.2. The quantitative estimate of drug-likeness (QED) is 0.594. The first kappa shape index (κ1) is 13.0. The lowest BCUT2D eigenvalue weighted by Gasteiger charge is -2.14. The van der Waals surface area contributed by atoms with Gasteiger partial charge >= 0.3 is 11.9 Å². The van der Waals surface area contributed by atoms with Crippen LogP contribution in [0.5, 0.6) is 17.2 Å². The topological polar surface area (TPSA) is 61.8 Å². The van der Waals surface area contributed by atoms with Crippen LogP contribution >= 0.6 is 0 Å². The van der Waals surface area contributed by atoms with Crippen LogP contribution in [0.2, 0.25) is 0 Å². The summed E-state index contributed by atoms with van der Waals surface area (Å²) in [5.74, 6) is -0.346. The smallest absolute Gasteiger partial charge is 0.308 e. The van der Waals surface area contributed by atoms with E-state index in [2.05, 4.69) is 0 Å². The number of ether oxygens (including phenoxy) is 3. The summed E-state index contributed by atoms with van der Waals surface area (Å²) in [6, 6.07) is 3.35. The van der Waals surface area contributed by atoms with E-state index in [0.717, 1.165) is 0 Å². The standard InChI is InChI=1S/C12H14O5/c1-7-5-6-10(15-4)12(17-9(3)14)11(7)16-8(2)13/h5-6H,1-4H3. The fourth-order valence-electron chi connectivity index (χ4n) is 1.31. The van der Waals surface area contributed by atoms with E-state index in [4.69, 9.17) is 14.2 Å². The molecule has 0 aliphatic heterocycles. The minimum Gasteiger partial charge on any atom is -0.493 e. The predicted octanol–water partition coefficient (Wildman–Crippen LogP) is 1.85. The molecule has 1 aromatic carbocycles. The first-order valence-electron chi connectivity index (χ1n) is 5.00. The molecule has 0 N–H and O–H groups in total. The van der Waals surface area contributed by atoms with E-state index < -0.39 is 11.9 Å². The van der Waals surface area contributed by atoms with Crippen molar-refractivity contribution in [2.45, 2.75) is 20.8 Å². The van der Waals surface area contributed by atoms with Crippen LogP contribution in [-0.4, -0.2) is 19.0 Å². The minimum atomic E-state index is -0.512. The summed E-state index contributed by atoms with van der Waals surface area (Å²) < 4.78 is 15.1. The second-order valence-electron chi connectivity index (χ2n) is 3.43. The van der Waals surface area contributed by atoms with E-state index in [9.17, 15) is 9.59 Å². The summed E-state index contributed by atoms with van der Waals surface area (Å²) in [6.45, 7) is 4.28. The van der Waals surface area contributed by atoms with E-state index in [-0.39, 0.29) is 11.5 Å². The summed E-state index contributed by atoms with van der Waals surface area (Å²) in [7, 11) is 1.44. The Balaban J connectivity index is 3.30. The number of hydrogen-bond donors (Lipinski definition) is 0. The van der Waals surface area contributed by atoms with Gasteiger partial charge in [0.2, 0.25) is 5.75 Å². The zero-order valence-corrected chi connectivity index (χ0v) is 10.2. The lowest BCUT2D eigenvalue weighted by atomic mass is 10.2. The van der Waals surface area contributed by atoms with Crippen molar-refractivity contribution in [1.82, 2.24) is 0 Å². The number of esters is 2. The van der Waals surface area contributed by atoms with E-state index in [1.54, 1.807) is 19.1 Å². The molecular weight excluding hydrogens is 224 g/mol. The molecule has 0 atom stereocenters. The van der Waals surface area contributed by atoms with Crippen LogP contribution in [0.25, 0.3) is 0 Å². The Morgan fingerprint density at radius 1 is 1.00 bits per heavy atom. The Bertz CT molecular complexity index is 450. The molecule has 5 nitrogen and oxygen atoms in total. The lowest BCUT2D eigenvalue weighted by molar-refractivity contribution is -0.134. The number of carbonyl (C=O) groups excluding carboxylic acids is 2. The van der Waals surface area contributed by atoms with Gasteiger partial charge in [-0.1, -0.05) is 6.07 Å². The molecule has 0 unspecified atom stereocenters. The molecule has 5 heteroatoms. The molecule has 92 valence electrons. The van der Waals surface area contributed by atoms with Crippen LogP contribution in [0, 0.1) is 6.92 Å². The van der Waals surface area contributed by atoms with Gasteiger partial charge in [-0.05, 0) is 18.6 Å². The van der Waals surface area contributed by atoms with Crippen LogP contribution in [0.3, 0.4) is 0 Å². The maximum Gasteiger partial charge on any atom is 0.308 e. The van der Waals surface area contributed by atoms with Crippen molar-refractivity contribution < 1.29 is 23.8 Å². The van der Waals surface area contributed by atoms with Crippen molar-refractivity contribution in [3.05, 3.63) is 17.7 Å². The highest BCUT2D eigenvalue weighted by atomic mass is 16.6. The third-order valence-corrected chi connectivity index (χ3v) is 1.98. The van der Waals surface area contributed by atoms with Crippen molar-refractivity contribution in [3.63, 3.8) is 0 Å². The summed E-state index contributed by atoms with van der Waals surface area (Å²) >= 11 is 0. The average Bonchev–Trinajstić information content (AvgIpc) is 2.22. The van der Waals surface area contributed by atoms with Gasteiger partial charge in [0.05, 0.1) is 7.11 Å². The predicted molar refractivity (Wildman–Crippen MR) is 60.3 cm³/mol. The second kappa shape index (κ2) is 5.34. The minimum absolute atomic E-state index is 0.121. The number of hydrogen-bond acceptors (Lipinski definition) is 5. The first-order valence-corrected chi connectivity index (χ1v) is 5.00. The monoisotopic (exact) mass is 238 g/mol. The van der Waals surface area contributed by atoms with Gasteiger partial charge in [0, 0.05) is 13.8 Å². The third kappa shape index (κ3) is 3.21. The SMILES string of the molecule is COc1ccc(C)c(OC(C)=O)c1OC(C)=O. The first-order chi connectivity index (χ1) is 7.95. The molecule has 0 aromatic heterocycles. The Morgan fingerprint density at radius 2 is 1.53 bits per heavy atom. The Kier molecular flexibility index (Phi) is 4.09. The molecule has 1 rings (SSSR count). The molecule has 0 heterocycles. The summed E-state index contributed by atoms with van der Waals surface area (Å²) in [4.78, 5) is 22.0. The maximum absolute atomic E-state index is 11.0. The Morgan fingerprint density at radius 3 is 2.00 bits per heavy atom. The van der Waals surface area contributed by atoms with Gasteiger partial charge in [-0.15, -0.1) is 0 Å². The molecule has 17 heavy (non-hydrogen) atoms.